The number of aromatic nitrogens is 3. The molecule has 0 bridgehead atoms. The highest BCUT2D eigenvalue weighted by atomic mass is 31.3. The van der Waals surface area contributed by atoms with Gasteiger partial charge in [-0.15, -0.1) is 5.92 Å². The molecule has 1 saturated heterocycles. The first-order valence-electron chi connectivity index (χ1n) is 7.98. The predicted octanol–water partition coefficient (Wildman–Crippen LogP) is -2.42. The Morgan fingerprint density at radius 3 is 2.41 bits per heavy atom. The van der Waals surface area contributed by atoms with E-state index in [4.69, 9.17) is 25.2 Å². The highest BCUT2D eigenvalue weighted by Crippen LogP contribution is 2.66. The van der Waals surface area contributed by atoms with Crippen LogP contribution < -0.4 is 11.4 Å². The fourth-order valence-corrected chi connectivity index (χ4v) is 5.53. The topological polar surface area (TPSA) is 283 Å². The van der Waals surface area contributed by atoms with Gasteiger partial charge in [0.2, 0.25) is 5.95 Å². The third-order valence-corrected chi connectivity index (χ3v) is 7.43. The molecule has 0 saturated carbocycles. The van der Waals surface area contributed by atoms with Gasteiger partial charge in [0.1, 0.15) is 18.5 Å². The number of aliphatic hydroxyl groups is 2. The quantitative estimate of drug-likeness (QED) is 0.138. The minimum atomic E-state index is -5.77. The molecule has 1 aromatic heterocycles. The van der Waals surface area contributed by atoms with Gasteiger partial charge >= 0.3 is 29.2 Å². The summed E-state index contributed by atoms with van der Waals surface area (Å²) in [5.41, 5.74) is 1.74. The van der Waals surface area contributed by atoms with E-state index in [1.807, 2.05) is 0 Å². The Morgan fingerprint density at radius 1 is 1.25 bits per heavy atom. The number of anilines is 1. The molecule has 18 nitrogen and oxygen atoms in total. The van der Waals surface area contributed by atoms with Crippen LogP contribution in [-0.4, -0.2) is 68.7 Å². The summed E-state index contributed by atoms with van der Waals surface area (Å²) in [4.78, 5) is 54.6. The summed E-state index contributed by atoms with van der Waals surface area (Å²) >= 11 is 0. The Hall–Kier alpha value is -1.54. The van der Waals surface area contributed by atoms with Crippen molar-refractivity contribution in [2.75, 3.05) is 12.3 Å². The monoisotopic (exact) mass is 522 g/mol. The van der Waals surface area contributed by atoms with Crippen LogP contribution in [0.3, 0.4) is 0 Å². The summed E-state index contributed by atoms with van der Waals surface area (Å²) in [6.07, 6.45) is -4.61. The standard InChI is InChI=1S/C11H17N4O14P3/c1-2-3-11(18)7(16)6(27-8(11)15-5-13-9(12)14-10(15)17)4-26-31(22,23)29-32(24,25)28-30(19,20)21/h5-8,16,18H,4H2,1H3,(H,22,23)(H,24,25)(H2,12,14,17)(H2,19,20,21)/t6-,7?,8-,11?/m1/s1. The van der Waals surface area contributed by atoms with Crippen LogP contribution >= 0.6 is 23.5 Å². The van der Waals surface area contributed by atoms with Crippen molar-refractivity contribution >= 4 is 29.4 Å². The Bertz CT molecular complexity index is 1120. The molecule has 0 amide bonds. The molecule has 0 radical (unpaired) electrons. The molecule has 32 heavy (non-hydrogen) atoms. The van der Waals surface area contributed by atoms with Crippen LogP contribution in [0.2, 0.25) is 0 Å². The molecule has 4 unspecified atom stereocenters. The van der Waals surface area contributed by atoms with Crippen molar-refractivity contribution in [1.82, 2.24) is 14.5 Å². The number of hydrogen-bond acceptors (Lipinski definition) is 13. The summed E-state index contributed by atoms with van der Waals surface area (Å²) in [5, 5.41) is 21.2. The molecule has 1 aromatic rings. The fraction of sp³-hybridized carbons (Fsp3) is 0.545. The number of rotatable bonds is 8. The third-order valence-electron chi connectivity index (χ3n) is 3.62. The van der Waals surface area contributed by atoms with Crippen LogP contribution in [0.4, 0.5) is 5.95 Å². The van der Waals surface area contributed by atoms with Gasteiger partial charge < -0.3 is 40.3 Å². The lowest BCUT2D eigenvalue weighted by molar-refractivity contribution is -0.0766. The SMILES string of the molecule is CC#CC1(O)C(O)[C@@H](COP(=O)(O)OP(=O)(O)OP(=O)(O)O)O[C@H]1n1cnc(N)nc1=O. The number of phosphoric ester groups is 1. The lowest BCUT2D eigenvalue weighted by Crippen LogP contribution is -2.48. The third kappa shape index (κ3) is 6.50. The van der Waals surface area contributed by atoms with Gasteiger partial charge in [0, 0.05) is 0 Å². The van der Waals surface area contributed by atoms with Crippen molar-refractivity contribution in [2.45, 2.75) is 31.0 Å². The Labute approximate surface area is 178 Å². The summed E-state index contributed by atoms with van der Waals surface area (Å²) in [6.45, 7) is 0.170. The minimum absolute atomic E-state index is 0.404. The number of nitrogens with two attached hydrogens (primary N) is 1. The lowest BCUT2D eigenvalue weighted by Gasteiger charge is -2.26. The van der Waals surface area contributed by atoms with Crippen LogP contribution in [0.1, 0.15) is 13.2 Å². The van der Waals surface area contributed by atoms with Gasteiger partial charge in [-0.2, -0.15) is 13.6 Å². The molecule has 2 heterocycles. The second-order valence-corrected chi connectivity index (χ2v) is 10.4. The van der Waals surface area contributed by atoms with Gasteiger partial charge in [-0.05, 0) is 6.92 Å². The number of aliphatic hydroxyl groups excluding tert-OH is 1. The minimum Gasteiger partial charge on any atom is -0.386 e. The highest BCUT2D eigenvalue weighted by molar-refractivity contribution is 7.66. The van der Waals surface area contributed by atoms with Gasteiger partial charge in [-0.1, -0.05) is 5.92 Å². The molecule has 180 valence electrons. The molecule has 21 heteroatoms. The van der Waals surface area contributed by atoms with Crippen LogP contribution in [0.5, 0.6) is 0 Å². The molecule has 6 atom stereocenters. The number of hydrogen-bond donors (Lipinski definition) is 7. The van der Waals surface area contributed by atoms with Crippen molar-refractivity contribution in [3.05, 3.63) is 16.8 Å². The number of phosphoric acid groups is 3. The van der Waals surface area contributed by atoms with Crippen LogP contribution in [0.25, 0.3) is 0 Å². The predicted molar refractivity (Wildman–Crippen MR) is 98.8 cm³/mol. The second kappa shape index (κ2) is 9.37. The molecular weight excluding hydrogens is 505 g/mol. The second-order valence-electron chi connectivity index (χ2n) is 5.96. The Kier molecular flexibility index (Phi) is 7.82. The van der Waals surface area contributed by atoms with E-state index in [0.29, 0.717) is 4.57 Å². The number of nitrogens with zero attached hydrogens (tertiary/aromatic N) is 3. The van der Waals surface area contributed by atoms with Gasteiger partial charge in [0.15, 0.2) is 11.8 Å². The number of nitrogen functional groups attached to an aromatic ring is 1. The van der Waals surface area contributed by atoms with Crippen molar-refractivity contribution < 1.29 is 61.4 Å². The maximum Gasteiger partial charge on any atom is 0.490 e. The molecule has 1 aliphatic heterocycles. The summed E-state index contributed by atoms with van der Waals surface area (Å²) in [7, 11) is -16.9. The zero-order valence-electron chi connectivity index (χ0n) is 15.7. The fourth-order valence-electron chi connectivity index (χ4n) is 2.50. The van der Waals surface area contributed by atoms with Gasteiger partial charge in [-0.3, -0.25) is 9.09 Å². The summed E-state index contributed by atoms with van der Waals surface area (Å²) < 4.78 is 51.2. The Morgan fingerprint density at radius 2 is 1.88 bits per heavy atom. The smallest absolute Gasteiger partial charge is 0.386 e. The van der Waals surface area contributed by atoms with Crippen molar-refractivity contribution in [3.8, 4) is 11.8 Å². The molecule has 1 fully saturated rings. The van der Waals surface area contributed by atoms with Gasteiger partial charge in [0.05, 0.1) is 6.61 Å². The zero-order valence-corrected chi connectivity index (χ0v) is 18.4. The van der Waals surface area contributed by atoms with E-state index in [1.54, 1.807) is 0 Å². The van der Waals surface area contributed by atoms with E-state index in [9.17, 15) is 33.6 Å². The lowest BCUT2D eigenvalue weighted by atomic mass is 9.94. The van der Waals surface area contributed by atoms with E-state index in [0.717, 1.165) is 6.33 Å². The van der Waals surface area contributed by atoms with E-state index in [-0.39, 0.29) is 0 Å². The summed E-state index contributed by atoms with van der Waals surface area (Å²) in [6, 6.07) is 0. The molecule has 0 spiro atoms. The maximum absolute atomic E-state index is 12.1. The zero-order chi connectivity index (χ0) is 24.5. The molecule has 0 aromatic carbocycles. The first-order chi connectivity index (χ1) is 14.5. The van der Waals surface area contributed by atoms with E-state index in [2.05, 4.69) is 35.0 Å². The van der Waals surface area contributed by atoms with Crippen molar-refractivity contribution in [1.29, 1.82) is 0 Å². The van der Waals surface area contributed by atoms with E-state index in [1.165, 1.54) is 6.92 Å². The molecule has 2 rings (SSSR count). The largest absolute Gasteiger partial charge is 0.490 e. The first-order valence-corrected chi connectivity index (χ1v) is 12.5. The normalized spacial score (nSPS) is 29.5. The van der Waals surface area contributed by atoms with Crippen molar-refractivity contribution in [3.63, 3.8) is 0 Å². The summed E-state index contributed by atoms with van der Waals surface area (Å²) in [5.74, 6) is 4.13. The maximum atomic E-state index is 12.1. The van der Waals surface area contributed by atoms with Crippen LogP contribution in [-0.2, 0) is 31.6 Å². The first kappa shape index (κ1) is 26.7. The molecule has 8 N–H and O–H groups in total. The van der Waals surface area contributed by atoms with Gasteiger partial charge in [-0.25, -0.2) is 23.5 Å². The average Bonchev–Trinajstić information content (AvgIpc) is 2.82. The Balaban J connectivity index is 2.23. The molecular formula is C11H17N4O14P3. The highest BCUT2D eigenvalue weighted by Gasteiger charge is 2.57. The van der Waals surface area contributed by atoms with Crippen LogP contribution in [0, 0.1) is 11.8 Å². The molecule has 1 aliphatic rings. The van der Waals surface area contributed by atoms with E-state index >= 15 is 0 Å². The number of ether oxygens (including phenoxy) is 1. The molecule has 0 aliphatic carbocycles. The van der Waals surface area contributed by atoms with Gasteiger partial charge in [0.25, 0.3) is 0 Å². The van der Waals surface area contributed by atoms with Crippen molar-refractivity contribution in [2.24, 2.45) is 0 Å². The van der Waals surface area contributed by atoms with E-state index < -0.39 is 65.7 Å². The average molecular weight is 522 g/mol. The van der Waals surface area contributed by atoms with Crippen LogP contribution in [0.15, 0.2) is 11.1 Å².